The van der Waals surface area contributed by atoms with Crippen LogP contribution in [0.15, 0.2) is 84.9 Å². The molecule has 0 aliphatic rings. The Morgan fingerprint density at radius 2 is 1.45 bits per heavy atom. The van der Waals surface area contributed by atoms with Crippen LogP contribution in [-0.4, -0.2) is 10.2 Å². The number of rotatable bonds is 3. The lowest BCUT2D eigenvalue weighted by Crippen LogP contribution is -1.88. The molecule has 1 heterocycles. The number of para-hydroxylation sites is 1. The maximum absolute atomic E-state index is 11.3. The number of benzene rings is 4. The topological polar surface area (TPSA) is 58.9 Å². The van der Waals surface area contributed by atoms with Gasteiger partial charge in [0, 0.05) is 38.6 Å². The van der Waals surface area contributed by atoms with Crippen molar-refractivity contribution in [2.75, 3.05) is 5.73 Å². The van der Waals surface area contributed by atoms with Gasteiger partial charge in [0.15, 0.2) is 0 Å². The zero-order valence-corrected chi connectivity index (χ0v) is 16.2. The highest BCUT2D eigenvalue weighted by Gasteiger charge is 2.09. The number of aromatic nitrogens is 1. The molecule has 0 aliphatic carbocycles. The van der Waals surface area contributed by atoms with Crippen molar-refractivity contribution in [1.29, 1.82) is 0 Å². The third kappa shape index (κ3) is 3.06. The highest BCUT2D eigenvalue weighted by Crippen LogP contribution is 2.34. The van der Waals surface area contributed by atoms with E-state index in [0.29, 0.717) is 5.56 Å². The fraction of sp³-hybridized carbons (Fsp3) is 0. The van der Waals surface area contributed by atoms with Crippen LogP contribution in [0.1, 0.15) is 10.4 Å². The molecule has 0 saturated heterocycles. The first-order chi connectivity index (χ1) is 14.1. The van der Waals surface area contributed by atoms with Crippen LogP contribution in [-0.2, 0) is 0 Å². The average Bonchev–Trinajstić information content (AvgIpc) is 3.11. The molecule has 29 heavy (non-hydrogen) atoms. The second-order valence-electron chi connectivity index (χ2n) is 7.08. The Kier molecular flexibility index (Phi) is 4.11. The van der Waals surface area contributed by atoms with E-state index in [0.717, 1.165) is 49.7 Å². The lowest BCUT2D eigenvalue weighted by Gasteiger charge is -2.06. The molecule has 5 aromatic rings. The van der Waals surface area contributed by atoms with Crippen LogP contribution in [0.3, 0.4) is 0 Å². The summed E-state index contributed by atoms with van der Waals surface area (Å²) in [6.07, 6.45) is 0. The summed E-state index contributed by atoms with van der Waals surface area (Å²) >= 11 is 5.54. The summed E-state index contributed by atoms with van der Waals surface area (Å²) in [7, 11) is 0. The van der Waals surface area contributed by atoms with Crippen molar-refractivity contribution >= 4 is 44.3 Å². The second-order valence-corrected chi connectivity index (χ2v) is 7.43. The number of nitrogens with one attached hydrogen (secondary N) is 1. The second kappa shape index (κ2) is 6.80. The predicted octanol–water partition coefficient (Wildman–Crippen LogP) is 6.62. The van der Waals surface area contributed by atoms with E-state index in [2.05, 4.69) is 41.4 Å². The van der Waals surface area contributed by atoms with Gasteiger partial charge in [-0.2, -0.15) is 0 Å². The normalized spacial score (nSPS) is 11.2. The average molecular weight is 397 g/mol. The number of halogens is 1. The number of anilines is 1. The van der Waals surface area contributed by atoms with Gasteiger partial charge in [-0.15, -0.1) is 0 Å². The van der Waals surface area contributed by atoms with Gasteiger partial charge >= 0.3 is 0 Å². The Bertz CT molecular complexity index is 1380. The van der Waals surface area contributed by atoms with Gasteiger partial charge in [0.1, 0.15) is 0 Å². The maximum atomic E-state index is 11.3. The third-order valence-electron chi connectivity index (χ3n) is 5.32. The number of carbonyl (C=O) groups is 1. The number of hydrogen-bond donors (Lipinski definition) is 2. The Morgan fingerprint density at radius 1 is 0.724 bits per heavy atom. The van der Waals surface area contributed by atoms with Crippen molar-refractivity contribution in [3.05, 3.63) is 90.5 Å². The van der Waals surface area contributed by atoms with Crippen LogP contribution in [0, 0.1) is 0 Å². The number of carbonyl (C=O) groups excluding carboxylic acids is 1. The molecular weight excluding hydrogens is 380 g/mol. The summed E-state index contributed by atoms with van der Waals surface area (Å²) in [6, 6.07) is 27.9. The van der Waals surface area contributed by atoms with Crippen molar-refractivity contribution < 1.29 is 4.79 Å². The first-order valence-electron chi connectivity index (χ1n) is 9.31. The van der Waals surface area contributed by atoms with E-state index >= 15 is 0 Å². The highest BCUT2D eigenvalue weighted by atomic mass is 35.5. The first-order valence-corrected chi connectivity index (χ1v) is 9.68. The molecular formula is C25H17ClN2O. The number of H-pyrrole nitrogens is 1. The SMILES string of the molecule is Nc1ccccc1-c1ccc2[nH]c3cc(-c4ccc(C(=O)Cl)cc4)ccc3c2c1. The zero-order chi connectivity index (χ0) is 20.0. The van der Waals surface area contributed by atoms with E-state index in [1.165, 1.54) is 0 Å². The summed E-state index contributed by atoms with van der Waals surface area (Å²) in [5.74, 6) is 0. The largest absolute Gasteiger partial charge is 0.398 e. The summed E-state index contributed by atoms with van der Waals surface area (Å²) in [5, 5.41) is 1.88. The van der Waals surface area contributed by atoms with E-state index < -0.39 is 5.24 Å². The molecule has 0 atom stereocenters. The van der Waals surface area contributed by atoms with Crippen molar-refractivity contribution in [3.8, 4) is 22.3 Å². The molecule has 0 saturated carbocycles. The van der Waals surface area contributed by atoms with Crippen molar-refractivity contribution in [1.82, 2.24) is 4.98 Å². The Labute approximate surface area is 172 Å². The number of nitrogen functional groups attached to an aromatic ring is 1. The first kappa shape index (κ1) is 17.5. The third-order valence-corrected chi connectivity index (χ3v) is 5.53. The number of nitrogens with two attached hydrogens (primary N) is 1. The number of aromatic amines is 1. The van der Waals surface area contributed by atoms with Crippen LogP contribution in [0.4, 0.5) is 5.69 Å². The smallest absolute Gasteiger partial charge is 0.252 e. The van der Waals surface area contributed by atoms with E-state index in [9.17, 15) is 4.79 Å². The summed E-state index contributed by atoms with van der Waals surface area (Å²) in [4.78, 5) is 14.8. The van der Waals surface area contributed by atoms with Gasteiger partial charge < -0.3 is 10.7 Å². The van der Waals surface area contributed by atoms with Gasteiger partial charge in [-0.05, 0) is 64.7 Å². The minimum atomic E-state index is -0.447. The van der Waals surface area contributed by atoms with Crippen molar-refractivity contribution in [2.24, 2.45) is 0 Å². The summed E-state index contributed by atoms with van der Waals surface area (Å²) in [6.45, 7) is 0. The van der Waals surface area contributed by atoms with E-state index in [1.807, 2.05) is 36.4 Å². The predicted molar refractivity (Wildman–Crippen MR) is 121 cm³/mol. The summed E-state index contributed by atoms with van der Waals surface area (Å²) < 4.78 is 0. The fourth-order valence-electron chi connectivity index (χ4n) is 3.80. The monoisotopic (exact) mass is 396 g/mol. The summed E-state index contributed by atoms with van der Waals surface area (Å²) in [5.41, 5.74) is 13.8. The van der Waals surface area contributed by atoms with Gasteiger partial charge in [0.05, 0.1) is 0 Å². The van der Waals surface area contributed by atoms with Crippen molar-refractivity contribution in [3.63, 3.8) is 0 Å². The lowest BCUT2D eigenvalue weighted by molar-refractivity contribution is 0.108. The quantitative estimate of drug-likeness (QED) is 0.266. The zero-order valence-electron chi connectivity index (χ0n) is 15.4. The minimum Gasteiger partial charge on any atom is -0.398 e. The van der Waals surface area contributed by atoms with Crippen LogP contribution in [0.2, 0.25) is 0 Å². The van der Waals surface area contributed by atoms with E-state index in [-0.39, 0.29) is 0 Å². The van der Waals surface area contributed by atoms with E-state index in [4.69, 9.17) is 17.3 Å². The van der Waals surface area contributed by atoms with Crippen LogP contribution < -0.4 is 5.73 Å². The standard InChI is InChI=1S/C25H17ClN2O/c26-25(29)16-7-5-15(6-8-16)17-9-11-20-21-13-18(19-3-1-2-4-22(19)27)10-12-23(21)28-24(20)14-17/h1-14,28H,27H2. The molecule has 3 N–H and O–H groups in total. The van der Waals surface area contributed by atoms with Gasteiger partial charge in [0.2, 0.25) is 0 Å². The van der Waals surface area contributed by atoms with Crippen LogP contribution in [0.25, 0.3) is 44.1 Å². The molecule has 0 amide bonds. The van der Waals surface area contributed by atoms with Crippen LogP contribution in [0.5, 0.6) is 0 Å². The molecule has 0 spiro atoms. The van der Waals surface area contributed by atoms with Crippen LogP contribution >= 0.6 is 11.6 Å². The molecule has 4 heteroatoms. The molecule has 1 aromatic heterocycles. The van der Waals surface area contributed by atoms with Crippen molar-refractivity contribution in [2.45, 2.75) is 0 Å². The molecule has 140 valence electrons. The van der Waals surface area contributed by atoms with Gasteiger partial charge in [0.25, 0.3) is 5.24 Å². The van der Waals surface area contributed by atoms with Gasteiger partial charge in [-0.1, -0.05) is 48.5 Å². The Morgan fingerprint density at radius 3 is 2.21 bits per heavy atom. The number of hydrogen-bond acceptors (Lipinski definition) is 2. The highest BCUT2D eigenvalue weighted by molar-refractivity contribution is 6.67. The Balaban J connectivity index is 1.61. The minimum absolute atomic E-state index is 0.447. The Hall–Kier alpha value is -3.56. The molecule has 4 aromatic carbocycles. The van der Waals surface area contributed by atoms with Gasteiger partial charge in [-0.3, -0.25) is 4.79 Å². The maximum Gasteiger partial charge on any atom is 0.252 e. The molecule has 0 unspecified atom stereocenters. The molecule has 5 rings (SSSR count). The number of fused-ring (bicyclic) bond motifs is 3. The van der Waals surface area contributed by atoms with E-state index in [1.54, 1.807) is 12.1 Å². The fourth-order valence-corrected chi connectivity index (χ4v) is 3.93. The molecule has 0 bridgehead atoms. The molecule has 0 radical (unpaired) electrons. The molecule has 3 nitrogen and oxygen atoms in total. The lowest BCUT2D eigenvalue weighted by atomic mass is 10.00. The molecule has 0 fully saturated rings. The molecule has 0 aliphatic heterocycles. The van der Waals surface area contributed by atoms with Gasteiger partial charge in [-0.25, -0.2) is 0 Å².